The van der Waals surface area contributed by atoms with Gasteiger partial charge in [0.1, 0.15) is 11.4 Å². The minimum Gasteiger partial charge on any atom is -0.367 e. The van der Waals surface area contributed by atoms with E-state index in [9.17, 15) is 4.79 Å². The summed E-state index contributed by atoms with van der Waals surface area (Å²) >= 11 is 0. The number of aromatic nitrogens is 2. The maximum absolute atomic E-state index is 13.5. The molecule has 5 heteroatoms. The lowest BCUT2D eigenvalue weighted by Crippen LogP contribution is -2.46. The first kappa shape index (κ1) is 20.4. The number of aryl methyl sites for hydroxylation is 2. The summed E-state index contributed by atoms with van der Waals surface area (Å²) in [6.45, 7) is 14.8. The van der Waals surface area contributed by atoms with Crippen LogP contribution in [0.3, 0.4) is 0 Å². The zero-order chi connectivity index (χ0) is 20.7. The molecule has 2 aromatic rings. The van der Waals surface area contributed by atoms with Crippen molar-refractivity contribution in [1.29, 1.82) is 0 Å². The van der Waals surface area contributed by atoms with Gasteiger partial charge in [-0.25, -0.2) is 4.68 Å². The Balaban J connectivity index is 2.00. The van der Waals surface area contributed by atoms with E-state index in [-0.39, 0.29) is 17.0 Å². The van der Waals surface area contributed by atoms with Gasteiger partial charge < -0.3 is 10.6 Å². The minimum absolute atomic E-state index is 0.0552. The maximum atomic E-state index is 13.5. The summed E-state index contributed by atoms with van der Waals surface area (Å²) < 4.78 is 1.99. The van der Waals surface area contributed by atoms with Crippen LogP contribution in [-0.2, 0) is 11.1 Å². The second-order valence-electron chi connectivity index (χ2n) is 8.89. The van der Waals surface area contributed by atoms with E-state index in [4.69, 9.17) is 5.10 Å². The van der Waals surface area contributed by atoms with E-state index in [2.05, 4.69) is 76.4 Å². The molecule has 1 aliphatic rings. The molecule has 0 radical (unpaired) electrons. The van der Waals surface area contributed by atoms with Gasteiger partial charge in [-0.2, -0.15) is 5.10 Å². The van der Waals surface area contributed by atoms with Crippen LogP contribution in [0.5, 0.6) is 0 Å². The van der Waals surface area contributed by atoms with E-state index in [1.54, 1.807) is 0 Å². The third-order valence-electron chi connectivity index (χ3n) is 6.21. The third kappa shape index (κ3) is 3.43. The third-order valence-corrected chi connectivity index (χ3v) is 6.21. The number of nitrogens with one attached hydrogen (secondary N) is 2. The van der Waals surface area contributed by atoms with E-state index >= 15 is 0 Å². The van der Waals surface area contributed by atoms with Crippen molar-refractivity contribution in [3.05, 3.63) is 46.6 Å². The lowest BCUT2D eigenvalue weighted by atomic mass is 9.84. The number of anilines is 1. The van der Waals surface area contributed by atoms with Crippen LogP contribution in [0.1, 0.15) is 81.1 Å². The molecule has 2 N–H and O–H groups in total. The number of hydrogen-bond acceptors (Lipinski definition) is 3. The number of nitrogens with zero attached hydrogens (tertiary/aromatic N) is 2. The van der Waals surface area contributed by atoms with E-state index in [1.807, 2.05) is 11.6 Å². The van der Waals surface area contributed by atoms with Crippen molar-refractivity contribution in [3.8, 4) is 0 Å². The van der Waals surface area contributed by atoms with Gasteiger partial charge in [0, 0.05) is 6.04 Å². The topological polar surface area (TPSA) is 59.0 Å². The molecule has 0 saturated heterocycles. The summed E-state index contributed by atoms with van der Waals surface area (Å²) in [7, 11) is 0. The fraction of sp³-hybridized carbons (Fsp3) is 0.565. The van der Waals surface area contributed by atoms with E-state index < -0.39 is 0 Å². The van der Waals surface area contributed by atoms with Crippen LogP contribution in [0, 0.1) is 13.8 Å². The van der Waals surface area contributed by atoms with Crippen molar-refractivity contribution >= 4 is 11.7 Å². The molecule has 152 valence electrons. The number of rotatable bonds is 5. The molecule has 1 aromatic heterocycles. The van der Waals surface area contributed by atoms with Gasteiger partial charge in [0.25, 0.3) is 5.91 Å². The molecule has 0 spiro atoms. The summed E-state index contributed by atoms with van der Waals surface area (Å²) in [5.41, 5.74) is 3.30. The van der Waals surface area contributed by atoms with Crippen molar-refractivity contribution in [2.45, 2.75) is 84.8 Å². The molecule has 1 amide bonds. The van der Waals surface area contributed by atoms with Crippen LogP contribution in [0.25, 0.3) is 0 Å². The van der Waals surface area contributed by atoms with Crippen LogP contribution >= 0.6 is 0 Å². The Bertz CT molecular complexity index is 859. The van der Waals surface area contributed by atoms with Crippen molar-refractivity contribution in [1.82, 2.24) is 15.1 Å². The maximum Gasteiger partial charge on any atom is 0.257 e. The molecule has 0 saturated carbocycles. The smallest absolute Gasteiger partial charge is 0.257 e. The van der Waals surface area contributed by atoms with Crippen molar-refractivity contribution < 1.29 is 4.79 Å². The highest BCUT2D eigenvalue weighted by Crippen LogP contribution is 2.36. The summed E-state index contributed by atoms with van der Waals surface area (Å²) in [6, 6.07) is 8.78. The molecule has 1 atom stereocenters. The molecule has 28 heavy (non-hydrogen) atoms. The van der Waals surface area contributed by atoms with E-state index in [0.29, 0.717) is 11.6 Å². The molecule has 0 unspecified atom stereocenters. The average Bonchev–Trinajstić information content (AvgIpc) is 2.97. The predicted octanol–water partition coefficient (Wildman–Crippen LogP) is 4.88. The minimum atomic E-state index is -0.387. The van der Waals surface area contributed by atoms with Gasteiger partial charge in [-0.15, -0.1) is 0 Å². The molecule has 0 bridgehead atoms. The lowest BCUT2D eigenvalue weighted by Gasteiger charge is -2.37. The van der Waals surface area contributed by atoms with Gasteiger partial charge in [0.2, 0.25) is 0 Å². The molecule has 5 nitrogen and oxygen atoms in total. The monoisotopic (exact) mass is 382 g/mol. The molecule has 3 rings (SSSR count). The molecule has 2 heterocycles. The Morgan fingerprint density at radius 2 is 1.86 bits per heavy atom. The standard InChI is InChI=1S/C23H34N4O/c1-8-23(9-2,18-12-10-15(3)11-13-18)25-21(28)19-17(5)26-27-20(19)24-16(4)14-22(27,6)7/h10-13,16,24H,8-9,14H2,1-7H3,(H,25,28)/t16-/m0/s1. The van der Waals surface area contributed by atoms with Crippen LogP contribution in [0.2, 0.25) is 0 Å². The summed E-state index contributed by atoms with van der Waals surface area (Å²) in [6.07, 6.45) is 2.63. The Hall–Kier alpha value is -2.30. The summed E-state index contributed by atoms with van der Waals surface area (Å²) in [4.78, 5) is 13.5. The first-order valence-corrected chi connectivity index (χ1v) is 10.4. The van der Waals surface area contributed by atoms with Crippen molar-refractivity contribution in [2.75, 3.05) is 5.32 Å². The van der Waals surface area contributed by atoms with Gasteiger partial charge >= 0.3 is 0 Å². The quantitative estimate of drug-likeness (QED) is 0.774. The number of carbonyl (C=O) groups is 1. The lowest BCUT2D eigenvalue weighted by molar-refractivity contribution is 0.0889. The molecule has 0 aliphatic carbocycles. The van der Waals surface area contributed by atoms with Crippen LogP contribution < -0.4 is 10.6 Å². The van der Waals surface area contributed by atoms with Crippen LogP contribution in [-0.4, -0.2) is 21.7 Å². The van der Waals surface area contributed by atoms with Crippen molar-refractivity contribution in [3.63, 3.8) is 0 Å². The van der Waals surface area contributed by atoms with E-state index in [1.165, 1.54) is 5.56 Å². The Kier molecular flexibility index (Phi) is 5.30. The van der Waals surface area contributed by atoms with E-state index in [0.717, 1.165) is 36.3 Å². The number of benzene rings is 1. The fourth-order valence-corrected chi connectivity index (χ4v) is 4.55. The van der Waals surface area contributed by atoms with Gasteiger partial charge in [-0.3, -0.25) is 4.79 Å². The molecule has 1 aliphatic heterocycles. The molecular formula is C23H34N4O. The summed E-state index contributed by atoms with van der Waals surface area (Å²) in [5.74, 6) is 0.782. The van der Waals surface area contributed by atoms with Crippen LogP contribution in [0.4, 0.5) is 5.82 Å². The van der Waals surface area contributed by atoms with Gasteiger partial charge in [-0.05, 0) is 59.4 Å². The Labute approximate surface area is 168 Å². The van der Waals surface area contributed by atoms with Gasteiger partial charge in [0.15, 0.2) is 0 Å². The largest absolute Gasteiger partial charge is 0.367 e. The highest BCUT2D eigenvalue weighted by atomic mass is 16.2. The first-order chi connectivity index (χ1) is 13.1. The Morgan fingerprint density at radius 3 is 2.43 bits per heavy atom. The second-order valence-corrected chi connectivity index (χ2v) is 8.89. The molecular weight excluding hydrogens is 348 g/mol. The zero-order valence-electron chi connectivity index (χ0n) is 18.3. The molecule has 0 fully saturated rings. The highest BCUT2D eigenvalue weighted by molar-refractivity contribution is 6.00. The fourth-order valence-electron chi connectivity index (χ4n) is 4.55. The Morgan fingerprint density at radius 1 is 1.25 bits per heavy atom. The number of hydrogen-bond donors (Lipinski definition) is 2. The number of fused-ring (bicyclic) bond motifs is 1. The van der Waals surface area contributed by atoms with Crippen LogP contribution in [0.15, 0.2) is 24.3 Å². The predicted molar refractivity (Wildman–Crippen MR) is 115 cm³/mol. The first-order valence-electron chi connectivity index (χ1n) is 10.4. The SMILES string of the molecule is CCC(CC)(NC(=O)c1c(C)nn2c1N[C@@H](C)CC2(C)C)c1ccc(C)cc1. The van der Waals surface area contributed by atoms with Crippen molar-refractivity contribution in [2.24, 2.45) is 0 Å². The number of carbonyl (C=O) groups excluding carboxylic acids is 1. The average molecular weight is 383 g/mol. The summed E-state index contributed by atoms with van der Waals surface area (Å²) in [5, 5.41) is 11.6. The van der Waals surface area contributed by atoms with Gasteiger partial charge in [0.05, 0.1) is 16.8 Å². The van der Waals surface area contributed by atoms with Gasteiger partial charge in [-0.1, -0.05) is 43.7 Å². The second kappa shape index (κ2) is 7.26. The normalized spacial score (nSPS) is 18.3. The number of amides is 1. The molecule has 1 aromatic carbocycles. The highest BCUT2D eigenvalue weighted by Gasteiger charge is 2.38. The zero-order valence-corrected chi connectivity index (χ0v) is 18.3.